The van der Waals surface area contributed by atoms with Crippen molar-refractivity contribution in [3.05, 3.63) is 51.9 Å². The first kappa shape index (κ1) is 26.2. The predicted octanol–water partition coefficient (Wildman–Crippen LogP) is 5.14. The van der Waals surface area contributed by atoms with Crippen LogP contribution in [0.15, 0.2) is 30.3 Å². The molecule has 4 rings (SSSR count). The summed E-state index contributed by atoms with van der Waals surface area (Å²) in [6, 6.07) is 8.01. The van der Waals surface area contributed by atoms with Gasteiger partial charge in [-0.05, 0) is 43.4 Å². The Labute approximate surface area is 219 Å². The van der Waals surface area contributed by atoms with E-state index in [-0.39, 0.29) is 5.75 Å². The van der Waals surface area contributed by atoms with Gasteiger partial charge in [0.15, 0.2) is 11.5 Å². The number of carbonyl (C=O) groups excluding carboxylic acids is 2. The Balaban J connectivity index is 1.68. The average Bonchev–Trinajstić information content (AvgIpc) is 3.29. The number of nitrogens with one attached hydrogen (secondary N) is 1. The van der Waals surface area contributed by atoms with E-state index in [1.54, 1.807) is 30.3 Å². The van der Waals surface area contributed by atoms with Gasteiger partial charge in [0.05, 0.1) is 41.1 Å². The molecule has 0 atom stereocenters. The fourth-order valence-electron chi connectivity index (χ4n) is 4.26. The zero-order valence-electron chi connectivity index (χ0n) is 21.4. The topological polar surface area (TPSA) is 102 Å². The van der Waals surface area contributed by atoms with Crippen molar-refractivity contribution in [3.8, 4) is 34.5 Å². The molecule has 0 aliphatic heterocycles. The quantitative estimate of drug-likeness (QED) is 0.302. The van der Waals surface area contributed by atoms with Gasteiger partial charge in [-0.25, -0.2) is 4.79 Å². The minimum atomic E-state index is -0.577. The first-order valence-electron chi connectivity index (χ1n) is 11.6. The van der Waals surface area contributed by atoms with Crippen LogP contribution in [0.1, 0.15) is 44.0 Å². The normalized spacial score (nSPS) is 12.2. The summed E-state index contributed by atoms with van der Waals surface area (Å²) < 4.78 is 32.4. The molecule has 9 nitrogen and oxygen atoms in total. The van der Waals surface area contributed by atoms with Gasteiger partial charge in [-0.2, -0.15) is 0 Å². The third-order valence-corrected chi connectivity index (χ3v) is 7.27. The van der Waals surface area contributed by atoms with Gasteiger partial charge in [0.1, 0.15) is 22.2 Å². The Kier molecular flexibility index (Phi) is 8.08. The standard InChI is InChI=1S/C27H29NO8S/c1-31-16-10-15(11-17(12-16)32-2)25(29)28-26-23(19-8-6-7-9-22(19)37-26)27(30)36-18-13-20(33-3)24(35-5)21(14-18)34-4/h10-14H,6-9H2,1-5H3,(H,28,29). The first-order valence-corrected chi connectivity index (χ1v) is 12.4. The Morgan fingerprint density at radius 2 is 1.38 bits per heavy atom. The lowest BCUT2D eigenvalue weighted by Crippen LogP contribution is -2.17. The third kappa shape index (κ3) is 5.43. The molecule has 0 saturated carbocycles. The van der Waals surface area contributed by atoms with Crippen LogP contribution in [0.2, 0.25) is 0 Å². The molecule has 1 amide bonds. The molecule has 0 unspecified atom stereocenters. The second-order valence-electron chi connectivity index (χ2n) is 8.22. The highest BCUT2D eigenvalue weighted by Crippen LogP contribution is 2.42. The summed E-state index contributed by atoms with van der Waals surface area (Å²) in [6.07, 6.45) is 3.55. The number of esters is 1. The Morgan fingerprint density at radius 1 is 0.757 bits per heavy atom. The van der Waals surface area contributed by atoms with E-state index in [9.17, 15) is 9.59 Å². The molecule has 37 heavy (non-hydrogen) atoms. The van der Waals surface area contributed by atoms with Gasteiger partial charge >= 0.3 is 5.97 Å². The van der Waals surface area contributed by atoms with Gasteiger partial charge in [-0.3, -0.25) is 4.79 Å². The Bertz CT molecular complexity index is 1270. The minimum absolute atomic E-state index is 0.227. The van der Waals surface area contributed by atoms with Crippen LogP contribution in [0, 0.1) is 0 Å². The van der Waals surface area contributed by atoms with Crippen molar-refractivity contribution in [1.29, 1.82) is 0 Å². The number of thiophene rings is 1. The van der Waals surface area contributed by atoms with Crippen LogP contribution in [0.4, 0.5) is 5.00 Å². The number of fused-ring (bicyclic) bond motifs is 1. The number of anilines is 1. The van der Waals surface area contributed by atoms with Crippen molar-refractivity contribution in [2.24, 2.45) is 0 Å². The molecule has 1 aromatic heterocycles. The van der Waals surface area contributed by atoms with Gasteiger partial charge in [0.2, 0.25) is 5.75 Å². The molecule has 2 aromatic carbocycles. The summed E-state index contributed by atoms with van der Waals surface area (Å²) in [6.45, 7) is 0. The van der Waals surface area contributed by atoms with E-state index >= 15 is 0 Å². The van der Waals surface area contributed by atoms with Crippen molar-refractivity contribution in [2.45, 2.75) is 25.7 Å². The van der Waals surface area contributed by atoms with Crippen molar-refractivity contribution < 1.29 is 38.0 Å². The highest BCUT2D eigenvalue weighted by molar-refractivity contribution is 7.17. The van der Waals surface area contributed by atoms with Crippen LogP contribution in [-0.2, 0) is 12.8 Å². The molecular formula is C27H29NO8S. The third-order valence-electron chi connectivity index (χ3n) is 6.06. The number of hydrogen-bond donors (Lipinski definition) is 1. The van der Waals surface area contributed by atoms with Gasteiger partial charge in [0.25, 0.3) is 5.91 Å². The number of aryl methyl sites for hydroxylation is 1. The number of methoxy groups -OCH3 is 5. The van der Waals surface area contributed by atoms with Crippen molar-refractivity contribution in [3.63, 3.8) is 0 Å². The van der Waals surface area contributed by atoms with E-state index in [0.717, 1.165) is 36.1 Å². The number of carbonyl (C=O) groups is 2. The molecule has 196 valence electrons. The van der Waals surface area contributed by atoms with E-state index in [1.807, 2.05) is 0 Å². The number of benzene rings is 2. The molecule has 0 fully saturated rings. The number of amides is 1. The maximum absolute atomic E-state index is 13.5. The molecular weight excluding hydrogens is 498 g/mol. The van der Waals surface area contributed by atoms with Gasteiger partial charge < -0.3 is 33.7 Å². The summed E-state index contributed by atoms with van der Waals surface area (Å²) >= 11 is 1.40. The number of ether oxygens (including phenoxy) is 6. The second-order valence-corrected chi connectivity index (χ2v) is 9.33. The maximum atomic E-state index is 13.5. The lowest BCUT2D eigenvalue weighted by Gasteiger charge is -2.15. The van der Waals surface area contributed by atoms with Gasteiger partial charge in [-0.1, -0.05) is 0 Å². The van der Waals surface area contributed by atoms with Crippen LogP contribution in [0.5, 0.6) is 34.5 Å². The lowest BCUT2D eigenvalue weighted by molar-refractivity contribution is 0.0734. The average molecular weight is 528 g/mol. The molecule has 0 spiro atoms. The summed E-state index contributed by atoms with van der Waals surface area (Å²) in [5.74, 6) is 1.33. The molecule has 1 heterocycles. The highest BCUT2D eigenvalue weighted by Gasteiger charge is 2.29. The van der Waals surface area contributed by atoms with Crippen molar-refractivity contribution >= 4 is 28.2 Å². The van der Waals surface area contributed by atoms with E-state index < -0.39 is 11.9 Å². The fraction of sp³-hybridized carbons (Fsp3) is 0.333. The predicted molar refractivity (Wildman–Crippen MR) is 140 cm³/mol. The molecule has 0 bridgehead atoms. The molecule has 0 radical (unpaired) electrons. The Hall–Kier alpha value is -3.92. The zero-order chi connectivity index (χ0) is 26.5. The molecule has 1 aliphatic carbocycles. The summed E-state index contributed by atoms with van der Waals surface area (Å²) in [5, 5.41) is 3.36. The van der Waals surface area contributed by atoms with E-state index in [4.69, 9.17) is 28.4 Å². The van der Waals surface area contributed by atoms with E-state index in [0.29, 0.717) is 44.9 Å². The van der Waals surface area contributed by atoms with Crippen LogP contribution >= 0.6 is 11.3 Å². The zero-order valence-corrected chi connectivity index (χ0v) is 22.2. The largest absolute Gasteiger partial charge is 0.497 e. The SMILES string of the molecule is COc1cc(OC)cc(C(=O)Nc2sc3c(c2C(=O)Oc2cc(OC)c(OC)c(OC)c2)CCCC3)c1. The van der Waals surface area contributed by atoms with Gasteiger partial charge in [0, 0.05) is 28.6 Å². The molecule has 1 N–H and O–H groups in total. The lowest BCUT2D eigenvalue weighted by atomic mass is 9.95. The maximum Gasteiger partial charge on any atom is 0.346 e. The molecule has 10 heteroatoms. The fourth-order valence-corrected chi connectivity index (χ4v) is 5.53. The number of hydrogen-bond acceptors (Lipinski definition) is 9. The highest BCUT2D eigenvalue weighted by atomic mass is 32.1. The number of rotatable bonds is 9. The van der Waals surface area contributed by atoms with E-state index in [1.165, 1.54) is 46.9 Å². The summed E-state index contributed by atoms with van der Waals surface area (Å²) in [5.41, 5.74) is 1.61. The molecule has 1 aliphatic rings. The first-order chi connectivity index (χ1) is 17.9. The van der Waals surface area contributed by atoms with Crippen molar-refractivity contribution in [2.75, 3.05) is 40.9 Å². The second kappa shape index (κ2) is 11.4. The molecule has 3 aromatic rings. The van der Waals surface area contributed by atoms with Crippen LogP contribution < -0.4 is 33.7 Å². The molecule has 0 saturated heterocycles. The Morgan fingerprint density at radius 3 is 1.95 bits per heavy atom. The monoisotopic (exact) mass is 527 g/mol. The van der Waals surface area contributed by atoms with Crippen LogP contribution in [0.25, 0.3) is 0 Å². The van der Waals surface area contributed by atoms with E-state index in [2.05, 4.69) is 5.32 Å². The van der Waals surface area contributed by atoms with Crippen molar-refractivity contribution in [1.82, 2.24) is 0 Å². The summed E-state index contributed by atoms with van der Waals surface area (Å²) in [4.78, 5) is 27.8. The summed E-state index contributed by atoms with van der Waals surface area (Å²) in [7, 11) is 7.50. The smallest absolute Gasteiger partial charge is 0.346 e. The van der Waals surface area contributed by atoms with Crippen LogP contribution in [-0.4, -0.2) is 47.4 Å². The van der Waals surface area contributed by atoms with Crippen LogP contribution in [0.3, 0.4) is 0 Å². The minimum Gasteiger partial charge on any atom is -0.497 e. The van der Waals surface area contributed by atoms with Gasteiger partial charge in [-0.15, -0.1) is 11.3 Å².